The normalized spacial score (nSPS) is 22.6. The number of halogens is 1. The fourth-order valence-electron chi connectivity index (χ4n) is 2.78. The number of hydrogen-bond acceptors (Lipinski definition) is 4. The molecule has 110 valence electrons. The van der Waals surface area contributed by atoms with Gasteiger partial charge >= 0.3 is 0 Å². The number of aliphatic hydroxyl groups excluding tert-OH is 1. The van der Waals surface area contributed by atoms with Gasteiger partial charge in [0.15, 0.2) is 0 Å². The van der Waals surface area contributed by atoms with Crippen molar-refractivity contribution >= 4 is 38.8 Å². The third-order valence-corrected chi connectivity index (χ3v) is 4.38. The Morgan fingerprint density at radius 3 is 2.85 bits per heavy atom. The molecule has 20 heavy (non-hydrogen) atoms. The van der Waals surface area contributed by atoms with Crippen LogP contribution in [-0.2, 0) is 0 Å². The molecule has 0 aromatic heterocycles. The topological polar surface area (TPSA) is 52.7 Å². The van der Waals surface area contributed by atoms with Gasteiger partial charge in [0.25, 0.3) is 0 Å². The molecule has 0 spiro atoms. The molecule has 0 bridgehead atoms. The van der Waals surface area contributed by atoms with E-state index in [1.54, 1.807) is 0 Å². The van der Waals surface area contributed by atoms with E-state index in [2.05, 4.69) is 25.7 Å². The molecule has 1 aliphatic rings. The number of anilines is 1. The first kappa shape index (κ1) is 15.7. The molecule has 1 heterocycles. The second-order valence-electron chi connectivity index (χ2n) is 5.46. The fraction of sp³-hybridized carbons (Fsp3) is 0.500. The van der Waals surface area contributed by atoms with Crippen LogP contribution in [0.4, 0.5) is 5.69 Å². The Morgan fingerprint density at radius 1 is 1.55 bits per heavy atom. The fourth-order valence-corrected chi connectivity index (χ4v) is 3.69. The number of likely N-dealkylation sites (N-methyl/N-ethyl adjacent to an activating group) is 1. The summed E-state index contributed by atoms with van der Waals surface area (Å²) >= 11 is 8.69. The summed E-state index contributed by atoms with van der Waals surface area (Å²) in [5.74, 6) is 0. The monoisotopic (exact) mass is 357 g/mol. The number of hydrogen-bond donors (Lipinski definition) is 2. The van der Waals surface area contributed by atoms with E-state index in [0.29, 0.717) is 11.5 Å². The molecule has 6 heteroatoms. The second kappa shape index (κ2) is 6.39. The molecule has 2 rings (SSSR count). The highest BCUT2D eigenvalue weighted by atomic mass is 79.9. The molecule has 4 nitrogen and oxygen atoms in total. The average Bonchev–Trinajstić information content (AvgIpc) is 2.68. The predicted molar refractivity (Wildman–Crippen MR) is 90.3 cm³/mol. The van der Waals surface area contributed by atoms with Crippen molar-refractivity contribution in [3.63, 3.8) is 0 Å². The number of nitrogens with zero attached hydrogens (tertiary/aromatic N) is 2. The molecule has 3 N–H and O–H groups in total. The van der Waals surface area contributed by atoms with Gasteiger partial charge in [0.1, 0.15) is 4.99 Å². The quantitative estimate of drug-likeness (QED) is 0.801. The highest BCUT2D eigenvalue weighted by Crippen LogP contribution is 2.33. The highest BCUT2D eigenvalue weighted by molar-refractivity contribution is 9.10. The molecule has 1 aromatic carbocycles. The smallest absolute Gasteiger partial charge is 0.107 e. The van der Waals surface area contributed by atoms with Gasteiger partial charge < -0.3 is 20.6 Å². The zero-order chi connectivity index (χ0) is 14.9. The van der Waals surface area contributed by atoms with E-state index in [9.17, 15) is 5.11 Å². The molecular weight excluding hydrogens is 338 g/mol. The van der Waals surface area contributed by atoms with Crippen LogP contribution in [0.15, 0.2) is 22.7 Å². The maximum absolute atomic E-state index is 10.0. The Hall–Kier alpha value is -0.690. The molecular formula is C14H20BrN3OS. The minimum Gasteiger partial charge on any atom is -0.391 e. The summed E-state index contributed by atoms with van der Waals surface area (Å²) in [5.41, 5.74) is 7.71. The maximum atomic E-state index is 10.0. The van der Waals surface area contributed by atoms with E-state index in [-0.39, 0.29) is 12.1 Å². The van der Waals surface area contributed by atoms with Crippen LogP contribution < -0.4 is 10.6 Å². The molecule has 1 fully saturated rings. The van der Waals surface area contributed by atoms with E-state index in [0.717, 1.165) is 28.7 Å². The van der Waals surface area contributed by atoms with Gasteiger partial charge in [0.05, 0.1) is 6.10 Å². The predicted octanol–water partition coefficient (Wildman–Crippen LogP) is 1.58. The largest absolute Gasteiger partial charge is 0.391 e. The lowest BCUT2D eigenvalue weighted by Crippen LogP contribution is -2.38. The van der Waals surface area contributed by atoms with E-state index in [1.807, 2.05) is 32.3 Å². The van der Waals surface area contributed by atoms with Gasteiger partial charge in [0.2, 0.25) is 0 Å². The third-order valence-electron chi connectivity index (χ3n) is 3.52. The average molecular weight is 358 g/mol. The maximum Gasteiger partial charge on any atom is 0.107 e. The molecule has 0 amide bonds. The Morgan fingerprint density at radius 2 is 2.25 bits per heavy atom. The molecule has 1 saturated heterocycles. The van der Waals surface area contributed by atoms with E-state index >= 15 is 0 Å². The standard InChI is InChI=1S/C14H20BrN3OS/c1-17(2)7-9-6-10(19)8-18(9)12-5-3-4-11(15)13(12)14(16)20/h3-5,9-10,19H,6-8H2,1-2H3,(H2,16,20). The summed E-state index contributed by atoms with van der Waals surface area (Å²) in [6.45, 7) is 1.50. The first-order valence-electron chi connectivity index (χ1n) is 6.58. The Kier molecular flexibility index (Phi) is 5.01. The SMILES string of the molecule is CN(C)CC1CC(O)CN1c1cccc(Br)c1C(N)=S. The minimum absolute atomic E-state index is 0.266. The van der Waals surface area contributed by atoms with Crippen molar-refractivity contribution in [2.24, 2.45) is 5.73 Å². The molecule has 1 aromatic rings. The molecule has 0 aliphatic carbocycles. The molecule has 0 saturated carbocycles. The molecule has 2 atom stereocenters. The molecule has 2 unspecified atom stereocenters. The van der Waals surface area contributed by atoms with Crippen molar-refractivity contribution in [1.29, 1.82) is 0 Å². The molecule has 0 radical (unpaired) electrons. The van der Waals surface area contributed by atoms with Gasteiger partial charge in [-0.2, -0.15) is 0 Å². The zero-order valence-electron chi connectivity index (χ0n) is 11.7. The first-order valence-corrected chi connectivity index (χ1v) is 7.78. The first-order chi connectivity index (χ1) is 9.40. The van der Waals surface area contributed by atoms with Crippen molar-refractivity contribution < 1.29 is 5.11 Å². The summed E-state index contributed by atoms with van der Waals surface area (Å²) < 4.78 is 0.896. The number of aliphatic hydroxyl groups is 1. The van der Waals surface area contributed by atoms with Crippen LogP contribution in [0.3, 0.4) is 0 Å². The summed E-state index contributed by atoms with van der Waals surface area (Å²) in [7, 11) is 4.08. The van der Waals surface area contributed by atoms with Crippen molar-refractivity contribution in [2.45, 2.75) is 18.6 Å². The lowest BCUT2D eigenvalue weighted by molar-refractivity contribution is 0.191. The summed E-state index contributed by atoms with van der Waals surface area (Å²) in [4.78, 5) is 4.72. The van der Waals surface area contributed by atoms with E-state index < -0.39 is 0 Å². The minimum atomic E-state index is -0.307. The number of rotatable bonds is 4. The van der Waals surface area contributed by atoms with Crippen molar-refractivity contribution in [3.05, 3.63) is 28.2 Å². The van der Waals surface area contributed by atoms with E-state index in [4.69, 9.17) is 18.0 Å². The van der Waals surface area contributed by atoms with Gasteiger partial charge in [-0.15, -0.1) is 0 Å². The Balaban J connectivity index is 2.39. The summed E-state index contributed by atoms with van der Waals surface area (Å²) in [6, 6.07) is 6.19. The number of β-amino-alcohol motifs (C(OH)–C–C–N with tert-alkyl or cyclic N) is 1. The summed E-state index contributed by atoms with van der Waals surface area (Å²) in [6.07, 6.45) is 0.458. The van der Waals surface area contributed by atoms with Crippen LogP contribution >= 0.6 is 28.1 Å². The number of thiocarbonyl (C=S) groups is 1. The van der Waals surface area contributed by atoms with Crippen molar-refractivity contribution in [3.8, 4) is 0 Å². The van der Waals surface area contributed by atoms with Crippen LogP contribution in [0.1, 0.15) is 12.0 Å². The van der Waals surface area contributed by atoms with Crippen LogP contribution in [0.2, 0.25) is 0 Å². The Bertz CT molecular complexity index is 509. The van der Waals surface area contributed by atoms with Gasteiger partial charge in [-0.25, -0.2) is 0 Å². The van der Waals surface area contributed by atoms with Gasteiger partial charge in [-0.05, 0) is 48.6 Å². The zero-order valence-corrected chi connectivity index (χ0v) is 14.1. The van der Waals surface area contributed by atoms with E-state index in [1.165, 1.54) is 0 Å². The molecule has 1 aliphatic heterocycles. The van der Waals surface area contributed by atoms with Crippen molar-refractivity contribution in [2.75, 3.05) is 32.1 Å². The number of nitrogens with two attached hydrogens (primary N) is 1. The van der Waals surface area contributed by atoms with Gasteiger partial charge in [-0.3, -0.25) is 0 Å². The van der Waals surface area contributed by atoms with Gasteiger partial charge in [-0.1, -0.05) is 18.3 Å². The van der Waals surface area contributed by atoms with Crippen LogP contribution in [0.5, 0.6) is 0 Å². The summed E-state index contributed by atoms with van der Waals surface area (Å²) in [5, 5.41) is 10.0. The van der Waals surface area contributed by atoms with Crippen LogP contribution in [-0.4, -0.2) is 54.3 Å². The van der Waals surface area contributed by atoms with Gasteiger partial charge in [0, 0.05) is 34.9 Å². The third kappa shape index (κ3) is 3.31. The van der Waals surface area contributed by atoms with Crippen LogP contribution in [0, 0.1) is 0 Å². The van der Waals surface area contributed by atoms with Crippen LogP contribution in [0.25, 0.3) is 0 Å². The lowest BCUT2D eigenvalue weighted by Gasteiger charge is -2.30. The number of benzene rings is 1. The Labute approximate surface area is 133 Å². The van der Waals surface area contributed by atoms with Crippen molar-refractivity contribution in [1.82, 2.24) is 4.90 Å². The lowest BCUT2D eigenvalue weighted by atomic mass is 10.1. The second-order valence-corrected chi connectivity index (χ2v) is 6.75. The highest BCUT2D eigenvalue weighted by Gasteiger charge is 2.33.